The number of rotatable bonds is 9. The van der Waals surface area contributed by atoms with Crippen LogP contribution in [-0.4, -0.2) is 55.2 Å². The molecule has 37 heavy (non-hydrogen) atoms. The molecule has 2 aromatic rings. The van der Waals surface area contributed by atoms with Crippen LogP contribution in [0.25, 0.3) is 0 Å². The summed E-state index contributed by atoms with van der Waals surface area (Å²) >= 11 is 0. The summed E-state index contributed by atoms with van der Waals surface area (Å²) in [5.41, 5.74) is 1.90. The molecule has 198 valence electrons. The third-order valence-corrected chi connectivity index (χ3v) is 9.26. The first kappa shape index (κ1) is 26.0. The number of hydrogen-bond donors (Lipinski definition) is 1. The second kappa shape index (κ2) is 11.8. The Morgan fingerprint density at radius 1 is 0.892 bits per heavy atom. The van der Waals surface area contributed by atoms with E-state index < -0.39 is 5.41 Å². The fourth-order valence-electron chi connectivity index (χ4n) is 7.05. The van der Waals surface area contributed by atoms with Crippen LogP contribution in [-0.2, 0) is 26.2 Å². The number of ether oxygens (including phenoxy) is 1. The van der Waals surface area contributed by atoms with Crippen LogP contribution in [0.5, 0.6) is 0 Å². The molecule has 1 N–H and O–H groups in total. The number of carbonyl (C=O) groups is 2. The molecule has 1 atom stereocenters. The molecule has 4 fully saturated rings. The smallest absolute Gasteiger partial charge is 0.317 e. The maximum atomic E-state index is 13.9. The number of amides is 1. The van der Waals surface area contributed by atoms with Gasteiger partial charge in [-0.2, -0.15) is 0 Å². The molecule has 5 heteroatoms. The third kappa shape index (κ3) is 6.09. The highest BCUT2D eigenvalue weighted by Crippen LogP contribution is 2.42. The summed E-state index contributed by atoms with van der Waals surface area (Å²) < 4.78 is 7.21. The van der Waals surface area contributed by atoms with Crippen LogP contribution in [0.15, 0.2) is 60.7 Å². The summed E-state index contributed by atoms with van der Waals surface area (Å²) in [5.74, 6) is 0.530. The van der Waals surface area contributed by atoms with Crippen molar-refractivity contribution < 1.29 is 18.8 Å². The van der Waals surface area contributed by atoms with Gasteiger partial charge in [0.05, 0.1) is 18.5 Å². The minimum absolute atomic E-state index is 0.0251. The maximum Gasteiger partial charge on any atom is 0.317 e. The number of piperidine rings is 3. The van der Waals surface area contributed by atoms with Crippen molar-refractivity contribution in [1.82, 2.24) is 5.32 Å². The summed E-state index contributed by atoms with van der Waals surface area (Å²) in [6, 6.07) is 20.8. The molecular formula is C32H43N2O3+. The van der Waals surface area contributed by atoms with Gasteiger partial charge in [-0.05, 0) is 36.8 Å². The lowest BCUT2D eigenvalue weighted by Crippen LogP contribution is -2.67. The highest BCUT2D eigenvalue weighted by Gasteiger charge is 2.51. The van der Waals surface area contributed by atoms with Gasteiger partial charge in [0, 0.05) is 25.3 Å². The minimum Gasteiger partial charge on any atom is -0.455 e. The van der Waals surface area contributed by atoms with E-state index in [4.69, 9.17) is 4.74 Å². The van der Waals surface area contributed by atoms with E-state index in [9.17, 15) is 9.59 Å². The van der Waals surface area contributed by atoms with Gasteiger partial charge in [-0.3, -0.25) is 9.59 Å². The van der Waals surface area contributed by atoms with Crippen molar-refractivity contribution in [2.45, 2.75) is 75.7 Å². The van der Waals surface area contributed by atoms with E-state index >= 15 is 0 Å². The van der Waals surface area contributed by atoms with Crippen molar-refractivity contribution in [1.29, 1.82) is 0 Å². The van der Waals surface area contributed by atoms with Crippen molar-refractivity contribution in [3.8, 4) is 0 Å². The average molecular weight is 504 g/mol. The fourth-order valence-corrected chi connectivity index (χ4v) is 7.05. The number of nitrogens with zero attached hydrogens (tertiary/aromatic N) is 1. The molecule has 2 aromatic carbocycles. The zero-order chi connectivity index (χ0) is 25.6. The molecule has 0 unspecified atom stereocenters. The fraction of sp³-hybridized carbons (Fsp3) is 0.562. The van der Waals surface area contributed by atoms with Crippen molar-refractivity contribution in [2.24, 2.45) is 5.92 Å². The predicted octanol–water partition coefficient (Wildman–Crippen LogP) is 5.18. The number of benzene rings is 2. The Kier molecular flexibility index (Phi) is 8.29. The van der Waals surface area contributed by atoms with Gasteiger partial charge < -0.3 is 14.5 Å². The Bertz CT molecular complexity index is 1020. The van der Waals surface area contributed by atoms with Gasteiger partial charge in [-0.1, -0.05) is 86.3 Å². The highest BCUT2D eigenvalue weighted by molar-refractivity contribution is 5.83. The lowest BCUT2D eigenvalue weighted by Gasteiger charge is -2.52. The number of aryl methyl sites for hydroxylation is 1. The highest BCUT2D eigenvalue weighted by atomic mass is 16.5. The monoisotopic (exact) mass is 503 g/mol. The normalized spacial score (nSPS) is 26.7. The number of fused-ring (bicyclic) bond motifs is 3. The van der Waals surface area contributed by atoms with E-state index in [2.05, 4.69) is 41.7 Å². The summed E-state index contributed by atoms with van der Waals surface area (Å²) in [6.45, 7) is 4.00. The molecule has 6 rings (SSSR count). The zero-order valence-corrected chi connectivity index (χ0v) is 22.2. The molecule has 2 bridgehead atoms. The van der Waals surface area contributed by atoms with Gasteiger partial charge in [0.25, 0.3) is 5.91 Å². The van der Waals surface area contributed by atoms with Crippen molar-refractivity contribution in [3.05, 3.63) is 71.8 Å². The quantitative estimate of drug-likeness (QED) is 0.222. The molecule has 3 heterocycles. The number of quaternary nitrogens is 1. The summed E-state index contributed by atoms with van der Waals surface area (Å²) in [6.07, 6.45) is 10.2. The number of esters is 1. The molecule has 3 saturated heterocycles. The molecule has 0 spiro atoms. The molecule has 0 aromatic heterocycles. The molecule has 4 aliphatic rings. The standard InChI is InChI=1S/C32H42N2O3/c35-30(33-21-11-14-26-12-5-3-6-13-26)25-34-22-17-27(18-23-34)29(24-34)37-31(36)32(19-9-1-2-10-20-32)28-15-7-4-8-16-28/h3-8,12-13,15-16,27,29H,1-2,9-11,14,17-25H2/p+1/t27?,29-,34?/m0/s1. The number of carbonyl (C=O) groups excluding carboxylic acids is 2. The molecule has 5 nitrogen and oxygen atoms in total. The minimum atomic E-state index is -0.523. The maximum absolute atomic E-state index is 13.9. The van der Waals surface area contributed by atoms with E-state index in [0.29, 0.717) is 19.0 Å². The SMILES string of the molecule is O=C(C[N+]12CCC(CC1)[C@@H](OC(=O)C1(c3ccccc3)CCCCCC1)C2)NCCCc1ccccc1. The largest absolute Gasteiger partial charge is 0.455 e. The van der Waals surface area contributed by atoms with Crippen LogP contribution in [0.1, 0.15) is 68.9 Å². The predicted molar refractivity (Wildman–Crippen MR) is 146 cm³/mol. The van der Waals surface area contributed by atoms with Gasteiger partial charge in [0.15, 0.2) is 12.6 Å². The van der Waals surface area contributed by atoms with Gasteiger partial charge in [0.2, 0.25) is 0 Å². The average Bonchev–Trinajstić information content (AvgIpc) is 3.20. The summed E-state index contributed by atoms with van der Waals surface area (Å²) in [4.78, 5) is 26.8. The van der Waals surface area contributed by atoms with E-state index in [1.54, 1.807) is 0 Å². The van der Waals surface area contributed by atoms with Crippen LogP contribution >= 0.6 is 0 Å². The Balaban J connectivity index is 1.19. The molecule has 1 saturated carbocycles. The van der Waals surface area contributed by atoms with Crippen molar-refractivity contribution in [3.63, 3.8) is 0 Å². The van der Waals surface area contributed by atoms with E-state index in [1.807, 2.05) is 24.3 Å². The molecule has 1 amide bonds. The number of hydrogen-bond acceptors (Lipinski definition) is 3. The first-order valence-corrected chi connectivity index (χ1v) is 14.5. The molecule has 1 aliphatic carbocycles. The second-order valence-corrected chi connectivity index (χ2v) is 11.7. The Hall–Kier alpha value is -2.66. The van der Waals surface area contributed by atoms with Crippen molar-refractivity contribution in [2.75, 3.05) is 32.7 Å². The summed E-state index contributed by atoms with van der Waals surface area (Å²) in [7, 11) is 0. The first-order chi connectivity index (χ1) is 18.1. The lowest BCUT2D eigenvalue weighted by molar-refractivity contribution is -0.939. The van der Waals surface area contributed by atoms with Crippen LogP contribution in [0.2, 0.25) is 0 Å². The Labute approximate surface area is 222 Å². The van der Waals surface area contributed by atoms with E-state index in [-0.39, 0.29) is 18.0 Å². The van der Waals surface area contributed by atoms with Gasteiger partial charge in [-0.15, -0.1) is 0 Å². The Morgan fingerprint density at radius 2 is 1.54 bits per heavy atom. The van der Waals surface area contributed by atoms with Crippen LogP contribution in [0.4, 0.5) is 0 Å². The third-order valence-electron chi connectivity index (χ3n) is 9.26. The molecule has 3 aliphatic heterocycles. The summed E-state index contributed by atoms with van der Waals surface area (Å²) in [5, 5.41) is 3.16. The first-order valence-electron chi connectivity index (χ1n) is 14.5. The van der Waals surface area contributed by atoms with Crippen LogP contribution < -0.4 is 5.32 Å². The van der Waals surface area contributed by atoms with Gasteiger partial charge in [0.1, 0.15) is 6.54 Å². The van der Waals surface area contributed by atoms with E-state index in [1.165, 1.54) is 18.4 Å². The van der Waals surface area contributed by atoms with Crippen molar-refractivity contribution >= 4 is 11.9 Å². The lowest BCUT2D eigenvalue weighted by atomic mass is 9.74. The van der Waals surface area contributed by atoms with E-state index in [0.717, 1.165) is 81.0 Å². The topological polar surface area (TPSA) is 55.4 Å². The molecule has 0 radical (unpaired) electrons. The van der Waals surface area contributed by atoms with Gasteiger partial charge in [-0.25, -0.2) is 0 Å². The molecular weight excluding hydrogens is 460 g/mol. The zero-order valence-electron chi connectivity index (χ0n) is 22.2. The number of nitrogens with one attached hydrogen (secondary N) is 1. The van der Waals surface area contributed by atoms with Gasteiger partial charge >= 0.3 is 5.97 Å². The Morgan fingerprint density at radius 3 is 2.22 bits per heavy atom. The second-order valence-electron chi connectivity index (χ2n) is 11.7. The van der Waals surface area contributed by atoms with Crippen LogP contribution in [0.3, 0.4) is 0 Å². The van der Waals surface area contributed by atoms with Crippen LogP contribution in [0, 0.1) is 5.92 Å².